The van der Waals surface area contributed by atoms with Gasteiger partial charge in [0.2, 0.25) is 0 Å². The van der Waals surface area contributed by atoms with Crippen LogP contribution in [0.3, 0.4) is 0 Å². The van der Waals surface area contributed by atoms with Gasteiger partial charge in [0.15, 0.2) is 6.30 Å². The summed E-state index contributed by atoms with van der Waals surface area (Å²) in [7, 11) is 0. The van der Waals surface area contributed by atoms with Gasteiger partial charge < -0.3 is 16.4 Å². The van der Waals surface area contributed by atoms with Crippen molar-refractivity contribution in [3.8, 4) is 0 Å². The van der Waals surface area contributed by atoms with Crippen LogP contribution in [0, 0.1) is 5.82 Å². The standard InChI is InChI=1S/C23H27F2N5S/c1-4-8-31-14(2)23-29-22(16-6-5-7-18(25)9-16)21(17(11-26)12-28-15(3)24)20-10-19(27)13-30(20)23/h4-9,11-12,15,19,22H,2,10,13,26-27H2,1,3H3/b8-4-,17-11?,28-12?. The largest absolute Gasteiger partial charge is 0.404 e. The summed E-state index contributed by atoms with van der Waals surface area (Å²) < 4.78 is 27.5. The van der Waals surface area contributed by atoms with Crippen LogP contribution in [0.5, 0.6) is 0 Å². The number of amidine groups is 1. The van der Waals surface area contributed by atoms with Crippen molar-refractivity contribution in [3.05, 3.63) is 81.7 Å². The van der Waals surface area contributed by atoms with Gasteiger partial charge in [0.05, 0.1) is 0 Å². The number of aliphatic imine (C=N–C) groups is 2. The zero-order valence-electron chi connectivity index (χ0n) is 17.6. The molecule has 164 valence electrons. The second-order valence-corrected chi connectivity index (χ2v) is 8.33. The van der Waals surface area contributed by atoms with Gasteiger partial charge >= 0.3 is 0 Å². The van der Waals surface area contributed by atoms with Crippen LogP contribution in [-0.2, 0) is 0 Å². The molecule has 0 bridgehead atoms. The SMILES string of the molecule is C=C(S/C=C\C)C1=NC(c2cccc(F)c2)C(C(C=NC(C)F)=CN)=C2CC(N)CN12. The van der Waals surface area contributed by atoms with Crippen LogP contribution in [0.1, 0.15) is 31.9 Å². The van der Waals surface area contributed by atoms with Gasteiger partial charge in [-0.2, -0.15) is 0 Å². The molecule has 0 spiro atoms. The van der Waals surface area contributed by atoms with Crippen molar-refractivity contribution in [2.24, 2.45) is 21.5 Å². The highest BCUT2D eigenvalue weighted by Gasteiger charge is 2.38. The minimum absolute atomic E-state index is 0.114. The molecule has 1 saturated heterocycles. The molecular formula is C23H27F2N5S. The smallest absolute Gasteiger partial charge is 0.187 e. The number of nitrogens with zero attached hydrogens (tertiary/aromatic N) is 3. The number of alkyl halides is 1. The molecule has 3 unspecified atom stereocenters. The summed E-state index contributed by atoms with van der Waals surface area (Å²) in [6.07, 6.45) is 3.91. The molecule has 1 aromatic rings. The Bertz CT molecular complexity index is 993. The first-order valence-electron chi connectivity index (χ1n) is 10.0. The van der Waals surface area contributed by atoms with E-state index in [1.54, 1.807) is 6.07 Å². The lowest BCUT2D eigenvalue weighted by Gasteiger charge is -2.34. The second-order valence-electron chi connectivity index (χ2n) is 7.33. The number of rotatable bonds is 7. The summed E-state index contributed by atoms with van der Waals surface area (Å²) >= 11 is 1.46. The van der Waals surface area contributed by atoms with Crippen molar-refractivity contribution in [2.75, 3.05) is 6.54 Å². The van der Waals surface area contributed by atoms with Gasteiger partial charge in [0, 0.05) is 53.2 Å². The molecule has 0 radical (unpaired) electrons. The number of fused-ring (bicyclic) bond motifs is 1. The second kappa shape index (κ2) is 10.1. The van der Waals surface area contributed by atoms with Crippen LogP contribution in [0.2, 0.25) is 0 Å². The van der Waals surface area contributed by atoms with Crippen molar-refractivity contribution < 1.29 is 8.78 Å². The molecule has 0 aromatic heterocycles. The van der Waals surface area contributed by atoms with E-state index in [4.69, 9.17) is 16.5 Å². The van der Waals surface area contributed by atoms with Gasteiger partial charge in [-0.1, -0.05) is 36.5 Å². The minimum atomic E-state index is -1.38. The fraction of sp³-hybridized carbons (Fsp3) is 0.304. The Hall–Kier alpha value is -2.71. The van der Waals surface area contributed by atoms with E-state index >= 15 is 0 Å². The van der Waals surface area contributed by atoms with E-state index in [9.17, 15) is 8.78 Å². The maximum Gasteiger partial charge on any atom is 0.187 e. The van der Waals surface area contributed by atoms with E-state index in [0.29, 0.717) is 29.9 Å². The fourth-order valence-corrected chi connectivity index (χ4v) is 4.27. The Balaban J connectivity index is 2.19. The number of hydrogen-bond acceptors (Lipinski definition) is 6. The molecular weight excluding hydrogens is 416 g/mol. The Morgan fingerprint density at radius 3 is 2.87 bits per heavy atom. The van der Waals surface area contributed by atoms with Gasteiger partial charge in [-0.05, 0) is 37.0 Å². The first kappa shape index (κ1) is 23.0. The van der Waals surface area contributed by atoms with Crippen LogP contribution in [0.15, 0.2) is 80.3 Å². The lowest BCUT2D eigenvalue weighted by Crippen LogP contribution is -2.35. The van der Waals surface area contributed by atoms with Gasteiger partial charge in [0.25, 0.3) is 0 Å². The molecule has 0 aliphatic carbocycles. The normalized spacial score (nSPS) is 22.9. The minimum Gasteiger partial charge on any atom is -0.404 e. The topological polar surface area (TPSA) is 80.0 Å². The van der Waals surface area contributed by atoms with Gasteiger partial charge in [-0.3, -0.25) is 9.98 Å². The number of benzene rings is 1. The monoisotopic (exact) mass is 443 g/mol. The van der Waals surface area contributed by atoms with E-state index in [0.717, 1.165) is 16.2 Å². The Morgan fingerprint density at radius 1 is 1.45 bits per heavy atom. The molecule has 1 aromatic carbocycles. The van der Waals surface area contributed by atoms with Gasteiger partial charge in [0.1, 0.15) is 17.7 Å². The summed E-state index contributed by atoms with van der Waals surface area (Å²) in [6.45, 7) is 8.02. The molecule has 0 saturated carbocycles. The number of nitrogens with two attached hydrogens (primary N) is 2. The molecule has 8 heteroatoms. The molecule has 4 N–H and O–H groups in total. The lowest BCUT2D eigenvalue weighted by molar-refractivity contribution is 0.377. The summed E-state index contributed by atoms with van der Waals surface area (Å²) in [5, 5.41) is 1.93. The third kappa shape index (κ3) is 5.14. The van der Waals surface area contributed by atoms with Crippen LogP contribution in [0.4, 0.5) is 8.78 Å². The van der Waals surface area contributed by atoms with Crippen LogP contribution in [0.25, 0.3) is 0 Å². The maximum atomic E-state index is 14.1. The predicted molar refractivity (Wildman–Crippen MR) is 126 cm³/mol. The van der Waals surface area contributed by atoms with Crippen molar-refractivity contribution in [1.82, 2.24) is 4.90 Å². The molecule has 5 nitrogen and oxygen atoms in total. The van der Waals surface area contributed by atoms with Crippen molar-refractivity contribution in [1.29, 1.82) is 0 Å². The van der Waals surface area contributed by atoms with Crippen LogP contribution in [-0.4, -0.2) is 35.8 Å². The average Bonchev–Trinajstić information content (AvgIpc) is 3.13. The molecule has 0 amide bonds. The third-order valence-electron chi connectivity index (χ3n) is 4.96. The molecule has 1 fully saturated rings. The molecule has 3 atom stereocenters. The Kier molecular flexibility index (Phi) is 7.46. The quantitative estimate of drug-likeness (QED) is 0.478. The first-order chi connectivity index (χ1) is 14.8. The molecule has 2 heterocycles. The average molecular weight is 444 g/mol. The molecule has 31 heavy (non-hydrogen) atoms. The Morgan fingerprint density at radius 2 is 2.23 bits per heavy atom. The first-order valence-corrected chi connectivity index (χ1v) is 10.9. The summed E-state index contributed by atoms with van der Waals surface area (Å²) in [5.74, 6) is 0.326. The summed E-state index contributed by atoms with van der Waals surface area (Å²) in [5.41, 5.74) is 15.1. The Labute approximate surface area is 186 Å². The van der Waals surface area contributed by atoms with E-state index in [1.807, 2.05) is 29.4 Å². The van der Waals surface area contributed by atoms with E-state index in [2.05, 4.69) is 11.6 Å². The summed E-state index contributed by atoms with van der Waals surface area (Å²) in [6, 6.07) is 5.61. The zero-order chi connectivity index (χ0) is 22.5. The van der Waals surface area contributed by atoms with E-state index in [1.165, 1.54) is 43.2 Å². The van der Waals surface area contributed by atoms with Gasteiger partial charge in [-0.25, -0.2) is 8.78 Å². The zero-order valence-corrected chi connectivity index (χ0v) is 18.4. The molecule has 3 rings (SSSR count). The predicted octanol–water partition coefficient (Wildman–Crippen LogP) is 4.58. The third-order valence-corrected chi connectivity index (χ3v) is 5.83. The van der Waals surface area contributed by atoms with E-state index < -0.39 is 12.3 Å². The highest BCUT2D eigenvalue weighted by molar-refractivity contribution is 8.06. The number of halogens is 2. The maximum absolute atomic E-state index is 14.1. The van der Waals surface area contributed by atoms with Crippen LogP contribution < -0.4 is 11.5 Å². The lowest BCUT2D eigenvalue weighted by atomic mass is 9.89. The fourth-order valence-electron chi connectivity index (χ4n) is 3.70. The number of allylic oxidation sites excluding steroid dienone is 1. The molecule has 2 aliphatic rings. The van der Waals surface area contributed by atoms with Gasteiger partial charge in [-0.15, -0.1) is 0 Å². The highest BCUT2D eigenvalue weighted by atomic mass is 32.2. The highest BCUT2D eigenvalue weighted by Crippen LogP contribution is 2.43. The summed E-state index contributed by atoms with van der Waals surface area (Å²) in [4.78, 5) is 11.6. The van der Waals surface area contributed by atoms with Crippen LogP contribution >= 0.6 is 11.8 Å². The molecule has 2 aliphatic heterocycles. The van der Waals surface area contributed by atoms with Crippen molar-refractivity contribution in [2.45, 2.75) is 38.6 Å². The van der Waals surface area contributed by atoms with Crippen molar-refractivity contribution in [3.63, 3.8) is 0 Å². The number of hydrogen-bond donors (Lipinski definition) is 2. The number of thioether (sulfide) groups is 1. The van der Waals surface area contributed by atoms with E-state index in [-0.39, 0.29) is 11.9 Å². The van der Waals surface area contributed by atoms with Crippen molar-refractivity contribution >= 4 is 23.8 Å².